The minimum absolute atomic E-state index is 0.789. The van der Waals surface area contributed by atoms with Gasteiger partial charge in [-0.15, -0.1) is 0 Å². The lowest BCUT2D eigenvalue weighted by molar-refractivity contribution is 0.158. The predicted octanol–water partition coefficient (Wildman–Crippen LogP) is 3.13. The molecule has 2 rings (SSSR count). The van der Waals surface area contributed by atoms with Gasteiger partial charge in [-0.2, -0.15) is 0 Å². The van der Waals surface area contributed by atoms with Crippen LogP contribution in [0.15, 0.2) is 0 Å². The van der Waals surface area contributed by atoms with Crippen molar-refractivity contribution in [3.63, 3.8) is 0 Å². The molecule has 0 bridgehead atoms. The van der Waals surface area contributed by atoms with Crippen LogP contribution >= 0.6 is 0 Å². The molecular formula is C16H32N2. The maximum atomic E-state index is 3.80. The summed E-state index contributed by atoms with van der Waals surface area (Å²) in [6.07, 6.45) is 6.94. The summed E-state index contributed by atoms with van der Waals surface area (Å²) >= 11 is 0. The molecule has 106 valence electrons. The van der Waals surface area contributed by atoms with Crippen molar-refractivity contribution in [2.75, 3.05) is 26.2 Å². The molecule has 0 aromatic carbocycles. The van der Waals surface area contributed by atoms with E-state index in [0.29, 0.717) is 0 Å². The highest BCUT2D eigenvalue weighted by atomic mass is 15.1. The van der Waals surface area contributed by atoms with Crippen molar-refractivity contribution < 1.29 is 0 Å². The summed E-state index contributed by atoms with van der Waals surface area (Å²) in [7, 11) is 0. The fraction of sp³-hybridized carbons (Fsp3) is 1.00. The van der Waals surface area contributed by atoms with Gasteiger partial charge in [0.05, 0.1) is 0 Å². The average Bonchev–Trinajstić information content (AvgIpc) is 2.74. The monoisotopic (exact) mass is 252 g/mol. The van der Waals surface area contributed by atoms with E-state index in [0.717, 1.165) is 23.8 Å². The molecule has 0 amide bonds. The third-order valence-electron chi connectivity index (χ3n) is 4.90. The summed E-state index contributed by atoms with van der Waals surface area (Å²) in [6, 6.07) is 0.789. The van der Waals surface area contributed by atoms with Crippen molar-refractivity contribution >= 4 is 0 Å². The lowest BCUT2D eigenvalue weighted by atomic mass is 9.78. The largest absolute Gasteiger partial charge is 0.314 e. The van der Waals surface area contributed by atoms with Crippen LogP contribution in [-0.2, 0) is 0 Å². The molecule has 4 atom stereocenters. The summed E-state index contributed by atoms with van der Waals surface area (Å²) in [4.78, 5) is 2.72. The Labute approximate surface area is 114 Å². The Kier molecular flexibility index (Phi) is 5.50. The molecule has 1 N–H and O–H groups in total. The Balaban J connectivity index is 1.84. The van der Waals surface area contributed by atoms with Crippen molar-refractivity contribution in [3.8, 4) is 0 Å². The first kappa shape index (κ1) is 14.3. The van der Waals surface area contributed by atoms with Gasteiger partial charge in [0.15, 0.2) is 0 Å². The molecule has 2 aliphatic rings. The van der Waals surface area contributed by atoms with Crippen molar-refractivity contribution in [1.82, 2.24) is 10.2 Å². The quantitative estimate of drug-likeness (QED) is 0.809. The van der Waals surface area contributed by atoms with Crippen LogP contribution in [0.4, 0.5) is 0 Å². The van der Waals surface area contributed by atoms with Gasteiger partial charge < -0.3 is 10.2 Å². The Bertz CT molecular complexity index is 239. The summed E-state index contributed by atoms with van der Waals surface area (Å²) in [6.45, 7) is 12.3. The number of hydrogen-bond acceptors (Lipinski definition) is 2. The highest BCUT2D eigenvalue weighted by molar-refractivity contribution is 4.87. The zero-order valence-corrected chi connectivity index (χ0v) is 12.6. The van der Waals surface area contributed by atoms with Gasteiger partial charge in [-0.05, 0) is 62.9 Å². The van der Waals surface area contributed by atoms with E-state index in [1.807, 2.05) is 0 Å². The Morgan fingerprint density at radius 1 is 1.11 bits per heavy atom. The fourth-order valence-electron chi connectivity index (χ4n) is 3.82. The summed E-state index contributed by atoms with van der Waals surface area (Å²) in [5.41, 5.74) is 0. The molecule has 1 aliphatic carbocycles. The normalized spacial score (nSPS) is 38.2. The van der Waals surface area contributed by atoms with Gasteiger partial charge in [0.1, 0.15) is 0 Å². The Morgan fingerprint density at radius 3 is 2.61 bits per heavy atom. The topological polar surface area (TPSA) is 15.3 Å². The minimum atomic E-state index is 0.789. The highest BCUT2D eigenvalue weighted by Gasteiger charge is 2.31. The van der Waals surface area contributed by atoms with Crippen molar-refractivity contribution in [2.45, 2.75) is 58.9 Å². The molecule has 4 unspecified atom stereocenters. The predicted molar refractivity (Wildman–Crippen MR) is 78.8 cm³/mol. The van der Waals surface area contributed by atoms with Gasteiger partial charge >= 0.3 is 0 Å². The smallest absolute Gasteiger partial charge is 0.0108 e. The first-order valence-corrected chi connectivity index (χ1v) is 8.14. The van der Waals surface area contributed by atoms with Crippen LogP contribution in [-0.4, -0.2) is 37.1 Å². The van der Waals surface area contributed by atoms with Gasteiger partial charge in [-0.25, -0.2) is 0 Å². The number of hydrogen-bond donors (Lipinski definition) is 1. The van der Waals surface area contributed by atoms with Crippen LogP contribution in [0.3, 0.4) is 0 Å². The van der Waals surface area contributed by atoms with E-state index in [2.05, 4.69) is 31.0 Å². The second kappa shape index (κ2) is 6.91. The molecule has 1 aliphatic heterocycles. The first-order valence-electron chi connectivity index (χ1n) is 8.14. The van der Waals surface area contributed by atoms with E-state index in [-0.39, 0.29) is 0 Å². The van der Waals surface area contributed by atoms with Crippen molar-refractivity contribution in [3.05, 3.63) is 0 Å². The van der Waals surface area contributed by atoms with Crippen LogP contribution in [0.5, 0.6) is 0 Å². The maximum Gasteiger partial charge on any atom is 0.0108 e. The van der Waals surface area contributed by atoms with Crippen LogP contribution in [0, 0.1) is 17.8 Å². The Morgan fingerprint density at radius 2 is 1.94 bits per heavy atom. The number of likely N-dealkylation sites (tertiary alicyclic amines) is 1. The van der Waals surface area contributed by atoms with Gasteiger partial charge in [-0.1, -0.05) is 20.8 Å². The summed E-state index contributed by atoms with van der Waals surface area (Å²) in [5, 5.41) is 3.80. The first-order chi connectivity index (χ1) is 8.69. The molecular weight excluding hydrogens is 220 g/mol. The maximum absolute atomic E-state index is 3.80. The molecule has 1 saturated carbocycles. The molecule has 18 heavy (non-hydrogen) atoms. The second-order valence-electron chi connectivity index (χ2n) is 6.89. The van der Waals surface area contributed by atoms with Gasteiger partial charge in [0.2, 0.25) is 0 Å². The van der Waals surface area contributed by atoms with Crippen LogP contribution in [0.1, 0.15) is 52.9 Å². The van der Waals surface area contributed by atoms with Crippen LogP contribution in [0.25, 0.3) is 0 Å². The standard InChI is InChI=1S/C16H32N2/c1-4-8-17-16-6-5-13(2)10-15(16)12-18-9-7-14(3)11-18/h13-17H,4-12H2,1-3H3. The molecule has 1 heterocycles. The van der Waals surface area contributed by atoms with Crippen LogP contribution in [0.2, 0.25) is 0 Å². The third-order valence-corrected chi connectivity index (χ3v) is 4.90. The lowest BCUT2D eigenvalue weighted by Gasteiger charge is -2.37. The lowest BCUT2D eigenvalue weighted by Crippen LogP contribution is -2.45. The summed E-state index contributed by atoms with van der Waals surface area (Å²) in [5.74, 6) is 2.76. The number of nitrogens with one attached hydrogen (secondary N) is 1. The zero-order valence-electron chi connectivity index (χ0n) is 12.6. The fourth-order valence-corrected chi connectivity index (χ4v) is 3.82. The average molecular weight is 252 g/mol. The zero-order chi connectivity index (χ0) is 13.0. The van der Waals surface area contributed by atoms with E-state index in [9.17, 15) is 0 Å². The molecule has 0 aromatic rings. The molecule has 1 saturated heterocycles. The molecule has 0 aromatic heterocycles. The van der Waals surface area contributed by atoms with E-state index in [1.165, 1.54) is 58.3 Å². The van der Waals surface area contributed by atoms with E-state index in [4.69, 9.17) is 0 Å². The molecule has 0 spiro atoms. The number of nitrogens with zero attached hydrogens (tertiary/aromatic N) is 1. The third kappa shape index (κ3) is 3.96. The van der Waals surface area contributed by atoms with Crippen LogP contribution < -0.4 is 5.32 Å². The van der Waals surface area contributed by atoms with Crippen molar-refractivity contribution in [1.29, 1.82) is 0 Å². The summed E-state index contributed by atoms with van der Waals surface area (Å²) < 4.78 is 0. The Hall–Kier alpha value is -0.0800. The molecule has 0 radical (unpaired) electrons. The van der Waals surface area contributed by atoms with E-state index < -0.39 is 0 Å². The van der Waals surface area contributed by atoms with Gasteiger partial charge in [0.25, 0.3) is 0 Å². The molecule has 2 fully saturated rings. The number of rotatable bonds is 5. The van der Waals surface area contributed by atoms with Gasteiger partial charge in [-0.3, -0.25) is 0 Å². The second-order valence-corrected chi connectivity index (χ2v) is 6.89. The molecule has 2 heteroatoms. The van der Waals surface area contributed by atoms with Gasteiger partial charge in [0, 0.05) is 19.1 Å². The minimum Gasteiger partial charge on any atom is -0.314 e. The molecule has 2 nitrogen and oxygen atoms in total. The SMILES string of the molecule is CCCNC1CCC(C)CC1CN1CCC(C)C1. The van der Waals surface area contributed by atoms with E-state index >= 15 is 0 Å². The van der Waals surface area contributed by atoms with Crippen molar-refractivity contribution in [2.24, 2.45) is 17.8 Å². The highest BCUT2D eigenvalue weighted by Crippen LogP contribution is 2.31. The van der Waals surface area contributed by atoms with E-state index in [1.54, 1.807) is 0 Å².